The highest BCUT2D eigenvalue weighted by Gasteiger charge is 2.33. The van der Waals surface area contributed by atoms with E-state index >= 15 is 0 Å². The van der Waals surface area contributed by atoms with Crippen molar-refractivity contribution >= 4 is 23.5 Å². The predicted molar refractivity (Wildman–Crippen MR) is 62.5 cm³/mol. The van der Waals surface area contributed by atoms with Gasteiger partial charge in [-0.15, -0.1) is 0 Å². The van der Waals surface area contributed by atoms with Gasteiger partial charge in [-0.25, -0.2) is 0 Å². The van der Waals surface area contributed by atoms with Crippen molar-refractivity contribution in [1.82, 2.24) is 0 Å². The molecule has 2 atom stereocenters. The van der Waals surface area contributed by atoms with E-state index in [9.17, 15) is 9.59 Å². The third kappa shape index (κ3) is 3.49. The summed E-state index contributed by atoms with van der Waals surface area (Å²) >= 11 is 1.69. The van der Waals surface area contributed by atoms with E-state index in [1.165, 1.54) is 0 Å². The second-order valence-corrected chi connectivity index (χ2v) is 4.70. The zero-order valence-electron chi connectivity index (χ0n) is 9.73. The molecule has 2 unspecified atom stereocenters. The van der Waals surface area contributed by atoms with Crippen LogP contribution in [0.25, 0.3) is 0 Å². The maximum Gasteiger partial charge on any atom is 0.316 e. The molecule has 92 valence electrons. The van der Waals surface area contributed by atoms with E-state index in [1.54, 1.807) is 18.7 Å². The predicted octanol–water partition coefficient (Wildman–Crippen LogP) is 1.28. The van der Waals surface area contributed by atoms with Crippen molar-refractivity contribution in [2.75, 3.05) is 24.7 Å². The molecule has 1 rings (SSSR count). The molecule has 4 nitrogen and oxygen atoms in total. The third-order valence-electron chi connectivity index (χ3n) is 2.46. The zero-order valence-corrected chi connectivity index (χ0v) is 10.5. The number of carbonyl (C=O) groups excluding carboxylic acids is 2. The SMILES string of the molecule is CCOC(=O)C(CC)C(=O)C1CSCCO1. The van der Waals surface area contributed by atoms with E-state index in [0.29, 0.717) is 25.4 Å². The average molecular weight is 246 g/mol. The van der Waals surface area contributed by atoms with Crippen molar-refractivity contribution < 1.29 is 19.1 Å². The fraction of sp³-hybridized carbons (Fsp3) is 0.818. The molecule has 0 aromatic rings. The highest BCUT2D eigenvalue weighted by molar-refractivity contribution is 7.99. The number of ether oxygens (including phenoxy) is 2. The molecule has 0 aromatic heterocycles. The molecule has 0 amide bonds. The normalized spacial score (nSPS) is 22.5. The molecule has 0 aromatic carbocycles. The van der Waals surface area contributed by atoms with Crippen LogP contribution in [0.1, 0.15) is 20.3 Å². The van der Waals surface area contributed by atoms with E-state index in [1.807, 2.05) is 6.92 Å². The lowest BCUT2D eigenvalue weighted by Gasteiger charge is -2.24. The van der Waals surface area contributed by atoms with Gasteiger partial charge < -0.3 is 9.47 Å². The monoisotopic (exact) mass is 246 g/mol. The summed E-state index contributed by atoms with van der Waals surface area (Å²) in [6, 6.07) is 0. The number of Topliss-reactive ketones (excluding diaryl/α,β-unsaturated/α-hetero) is 1. The number of hydrogen-bond acceptors (Lipinski definition) is 5. The van der Waals surface area contributed by atoms with Gasteiger partial charge in [0.2, 0.25) is 0 Å². The molecule has 0 bridgehead atoms. The molecule has 1 fully saturated rings. The Morgan fingerprint density at radius 3 is 2.75 bits per heavy atom. The minimum absolute atomic E-state index is 0.131. The average Bonchev–Trinajstić information content (AvgIpc) is 2.31. The first-order valence-electron chi connectivity index (χ1n) is 5.60. The first-order valence-corrected chi connectivity index (χ1v) is 6.75. The first-order chi connectivity index (χ1) is 7.70. The van der Waals surface area contributed by atoms with E-state index in [0.717, 1.165) is 5.75 Å². The smallest absolute Gasteiger partial charge is 0.316 e. The van der Waals surface area contributed by atoms with Crippen molar-refractivity contribution in [1.29, 1.82) is 0 Å². The van der Waals surface area contributed by atoms with Crippen LogP contribution in [-0.4, -0.2) is 42.6 Å². The summed E-state index contributed by atoms with van der Waals surface area (Å²) in [5.74, 6) is 0.348. The molecule has 0 spiro atoms. The van der Waals surface area contributed by atoms with Crippen LogP contribution < -0.4 is 0 Å². The third-order valence-corrected chi connectivity index (χ3v) is 3.45. The number of ketones is 1. The van der Waals surface area contributed by atoms with Gasteiger partial charge in [-0.2, -0.15) is 11.8 Å². The maximum atomic E-state index is 12.0. The number of rotatable bonds is 5. The lowest BCUT2D eigenvalue weighted by Crippen LogP contribution is -2.39. The van der Waals surface area contributed by atoms with Gasteiger partial charge in [0.05, 0.1) is 13.2 Å². The molecule has 1 aliphatic rings. The Hall–Kier alpha value is -0.550. The maximum absolute atomic E-state index is 12.0. The van der Waals surface area contributed by atoms with Crippen molar-refractivity contribution in [2.24, 2.45) is 5.92 Å². The van der Waals surface area contributed by atoms with Crippen LogP contribution in [0.3, 0.4) is 0 Å². The van der Waals surface area contributed by atoms with Gasteiger partial charge in [0.1, 0.15) is 12.0 Å². The van der Waals surface area contributed by atoms with E-state index in [2.05, 4.69) is 0 Å². The topological polar surface area (TPSA) is 52.6 Å². The number of carbonyl (C=O) groups is 2. The largest absolute Gasteiger partial charge is 0.465 e. The van der Waals surface area contributed by atoms with Crippen molar-refractivity contribution in [3.63, 3.8) is 0 Å². The van der Waals surface area contributed by atoms with Crippen molar-refractivity contribution in [3.8, 4) is 0 Å². The molecular formula is C11H18O4S. The minimum atomic E-state index is -0.663. The molecule has 0 saturated carbocycles. The van der Waals surface area contributed by atoms with Crippen LogP contribution in [0.15, 0.2) is 0 Å². The fourth-order valence-electron chi connectivity index (χ4n) is 1.60. The quantitative estimate of drug-likeness (QED) is 0.540. The van der Waals surface area contributed by atoms with Crippen LogP contribution in [0.5, 0.6) is 0 Å². The number of thioether (sulfide) groups is 1. The Kier molecular flexibility index (Phi) is 5.84. The Morgan fingerprint density at radius 2 is 2.25 bits per heavy atom. The highest BCUT2D eigenvalue weighted by Crippen LogP contribution is 2.19. The van der Waals surface area contributed by atoms with Crippen LogP contribution in [0.2, 0.25) is 0 Å². The first kappa shape index (κ1) is 13.5. The second kappa shape index (κ2) is 6.91. The molecule has 1 aliphatic heterocycles. The van der Waals surface area contributed by atoms with Gasteiger partial charge in [-0.05, 0) is 13.3 Å². The molecular weight excluding hydrogens is 228 g/mol. The van der Waals surface area contributed by atoms with Crippen LogP contribution >= 0.6 is 11.8 Å². The summed E-state index contributed by atoms with van der Waals surface area (Å²) < 4.78 is 10.3. The van der Waals surface area contributed by atoms with Crippen LogP contribution in [0, 0.1) is 5.92 Å². The Bertz CT molecular complexity index is 248. The zero-order chi connectivity index (χ0) is 12.0. The fourth-order valence-corrected chi connectivity index (χ4v) is 2.46. The summed E-state index contributed by atoms with van der Waals surface area (Å²) in [5.41, 5.74) is 0. The Balaban J connectivity index is 2.57. The highest BCUT2D eigenvalue weighted by atomic mass is 32.2. The van der Waals surface area contributed by atoms with E-state index in [4.69, 9.17) is 9.47 Å². The van der Waals surface area contributed by atoms with E-state index < -0.39 is 18.0 Å². The standard InChI is InChI=1S/C11H18O4S/c1-3-8(11(13)14-4-2)10(12)9-7-16-6-5-15-9/h8-9H,3-7H2,1-2H3. The van der Waals surface area contributed by atoms with Gasteiger partial charge >= 0.3 is 5.97 Å². The number of hydrogen-bond donors (Lipinski definition) is 0. The molecule has 1 heterocycles. The molecule has 0 aliphatic carbocycles. The Labute approximate surface area is 100 Å². The second-order valence-electron chi connectivity index (χ2n) is 3.55. The van der Waals surface area contributed by atoms with Gasteiger partial charge in [0.15, 0.2) is 5.78 Å². The van der Waals surface area contributed by atoms with Gasteiger partial charge in [0.25, 0.3) is 0 Å². The summed E-state index contributed by atoms with van der Waals surface area (Å²) in [5, 5.41) is 0. The van der Waals surface area contributed by atoms with Gasteiger partial charge in [-0.3, -0.25) is 9.59 Å². The van der Waals surface area contributed by atoms with Crippen LogP contribution in [-0.2, 0) is 19.1 Å². The minimum Gasteiger partial charge on any atom is -0.465 e. The van der Waals surface area contributed by atoms with E-state index in [-0.39, 0.29) is 5.78 Å². The molecule has 16 heavy (non-hydrogen) atoms. The lowest BCUT2D eigenvalue weighted by atomic mass is 9.97. The lowest BCUT2D eigenvalue weighted by molar-refractivity contribution is -0.154. The van der Waals surface area contributed by atoms with Crippen molar-refractivity contribution in [3.05, 3.63) is 0 Å². The summed E-state index contributed by atoms with van der Waals surface area (Å²) in [4.78, 5) is 23.6. The summed E-state index contributed by atoms with van der Waals surface area (Å²) in [7, 11) is 0. The Morgan fingerprint density at radius 1 is 1.50 bits per heavy atom. The molecule has 0 radical (unpaired) electrons. The van der Waals surface area contributed by atoms with Crippen LogP contribution in [0.4, 0.5) is 0 Å². The molecule has 5 heteroatoms. The summed E-state index contributed by atoms with van der Waals surface area (Å²) in [6.45, 7) is 4.45. The van der Waals surface area contributed by atoms with Gasteiger partial charge in [-0.1, -0.05) is 6.92 Å². The molecule has 1 saturated heterocycles. The molecule has 0 N–H and O–H groups in total. The van der Waals surface area contributed by atoms with Crippen molar-refractivity contribution in [2.45, 2.75) is 26.4 Å². The summed E-state index contributed by atoms with van der Waals surface area (Å²) in [6.07, 6.45) is 0.0375. The van der Waals surface area contributed by atoms with Gasteiger partial charge in [0, 0.05) is 11.5 Å². The number of esters is 1.